The predicted octanol–water partition coefficient (Wildman–Crippen LogP) is 3.19. The molecule has 1 aromatic heterocycles. The van der Waals surface area contributed by atoms with Crippen LogP contribution in [0.15, 0.2) is 59.0 Å². The molecule has 0 aliphatic heterocycles. The van der Waals surface area contributed by atoms with Gasteiger partial charge in [-0.25, -0.2) is 0 Å². The Kier molecular flexibility index (Phi) is 4.52. The van der Waals surface area contributed by atoms with E-state index in [1.165, 1.54) is 6.08 Å². The number of carbonyl (C=O) groups is 2. The van der Waals surface area contributed by atoms with Gasteiger partial charge in [0, 0.05) is 22.7 Å². The second kappa shape index (κ2) is 6.92. The Morgan fingerprint density at radius 2 is 1.92 bits per heavy atom. The molecule has 2 amide bonds. The van der Waals surface area contributed by atoms with Gasteiger partial charge in [0.05, 0.1) is 7.11 Å². The number of nitrogens with one attached hydrogen (secondary N) is 1. The highest BCUT2D eigenvalue weighted by atomic mass is 16.5. The van der Waals surface area contributed by atoms with Crippen LogP contribution in [0.4, 0.5) is 5.69 Å². The normalized spacial score (nSPS) is 10.9. The number of rotatable bonds is 5. The molecule has 0 aliphatic carbocycles. The first-order chi connectivity index (χ1) is 12.1. The van der Waals surface area contributed by atoms with Crippen molar-refractivity contribution in [3.05, 3.63) is 65.9 Å². The van der Waals surface area contributed by atoms with E-state index >= 15 is 0 Å². The van der Waals surface area contributed by atoms with Crippen LogP contribution in [0.5, 0.6) is 5.75 Å². The Morgan fingerprint density at radius 1 is 1.16 bits per heavy atom. The number of benzene rings is 2. The van der Waals surface area contributed by atoms with Crippen LogP contribution in [0.25, 0.3) is 17.0 Å². The average molecular weight is 336 g/mol. The maximum Gasteiger partial charge on any atom is 0.248 e. The van der Waals surface area contributed by atoms with E-state index in [2.05, 4.69) is 5.32 Å². The highest BCUT2D eigenvalue weighted by molar-refractivity contribution is 6.02. The van der Waals surface area contributed by atoms with Gasteiger partial charge in [-0.1, -0.05) is 12.1 Å². The largest absolute Gasteiger partial charge is 0.493 e. The van der Waals surface area contributed by atoms with Gasteiger partial charge >= 0.3 is 0 Å². The van der Waals surface area contributed by atoms with E-state index in [1.807, 2.05) is 24.3 Å². The summed E-state index contributed by atoms with van der Waals surface area (Å²) in [5, 5.41) is 3.58. The summed E-state index contributed by atoms with van der Waals surface area (Å²) in [5.74, 6) is 0.340. The molecule has 25 heavy (non-hydrogen) atoms. The Hall–Kier alpha value is -3.54. The summed E-state index contributed by atoms with van der Waals surface area (Å²) < 4.78 is 10.9. The Balaban J connectivity index is 1.71. The van der Waals surface area contributed by atoms with Gasteiger partial charge < -0.3 is 20.2 Å². The van der Waals surface area contributed by atoms with Crippen LogP contribution in [-0.2, 0) is 4.79 Å². The number of amides is 2. The minimum Gasteiger partial charge on any atom is -0.493 e. The first-order valence-corrected chi connectivity index (χ1v) is 7.52. The lowest BCUT2D eigenvalue weighted by Gasteiger charge is -2.02. The second-order valence-corrected chi connectivity index (χ2v) is 5.29. The number of methoxy groups -OCH3 is 1. The van der Waals surface area contributed by atoms with E-state index in [0.29, 0.717) is 28.3 Å². The lowest BCUT2D eigenvalue weighted by atomic mass is 10.2. The molecule has 0 radical (unpaired) electrons. The molecule has 3 aromatic rings. The number of furan rings is 1. The smallest absolute Gasteiger partial charge is 0.248 e. The lowest BCUT2D eigenvalue weighted by Crippen LogP contribution is -2.11. The first kappa shape index (κ1) is 16.3. The molecule has 2 aromatic carbocycles. The first-order valence-electron chi connectivity index (χ1n) is 7.52. The molecule has 0 saturated carbocycles. The van der Waals surface area contributed by atoms with Crippen molar-refractivity contribution in [1.29, 1.82) is 0 Å². The van der Waals surface area contributed by atoms with Crippen LogP contribution in [0.3, 0.4) is 0 Å². The number of primary amides is 1. The standard InChI is InChI=1S/C19H16N2O4/c1-24-16-4-2-3-13-11-15(25-18(13)16)9-10-17(22)21-14-7-5-12(6-8-14)19(20)23/h2-11H,1H3,(H2,20,23)(H,21,22). The van der Waals surface area contributed by atoms with Gasteiger partial charge in [0.15, 0.2) is 11.3 Å². The number of anilines is 1. The van der Waals surface area contributed by atoms with Crippen molar-refractivity contribution < 1.29 is 18.7 Å². The highest BCUT2D eigenvalue weighted by Crippen LogP contribution is 2.28. The van der Waals surface area contributed by atoms with Crippen LogP contribution >= 0.6 is 0 Å². The van der Waals surface area contributed by atoms with Gasteiger partial charge in [0.2, 0.25) is 11.8 Å². The van der Waals surface area contributed by atoms with Crippen molar-refractivity contribution in [2.24, 2.45) is 5.73 Å². The third-order valence-electron chi connectivity index (χ3n) is 3.58. The van der Waals surface area contributed by atoms with Gasteiger partial charge in [0.25, 0.3) is 0 Å². The number of para-hydroxylation sites is 1. The molecule has 0 saturated heterocycles. The van der Waals surface area contributed by atoms with Crippen LogP contribution in [-0.4, -0.2) is 18.9 Å². The van der Waals surface area contributed by atoms with Crippen molar-refractivity contribution in [1.82, 2.24) is 0 Å². The molecule has 0 unspecified atom stereocenters. The number of ether oxygens (including phenoxy) is 1. The molecule has 6 heteroatoms. The fourth-order valence-electron chi connectivity index (χ4n) is 2.36. The van der Waals surface area contributed by atoms with Crippen LogP contribution in [0, 0.1) is 0 Å². The number of hydrogen-bond acceptors (Lipinski definition) is 4. The van der Waals surface area contributed by atoms with Crippen molar-refractivity contribution >= 4 is 34.5 Å². The Labute approximate surface area is 143 Å². The van der Waals surface area contributed by atoms with E-state index in [-0.39, 0.29) is 5.91 Å². The van der Waals surface area contributed by atoms with Crippen LogP contribution < -0.4 is 15.8 Å². The average Bonchev–Trinajstić information content (AvgIpc) is 3.03. The van der Waals surface area contributed by atoms with Gasteiger partial charge in [-0.05, 0) is 42.5 Å². The SMILES string of the molecule is COc1cccc2cc(C=CC(=O)Nc3ccc(C(N)=O)cc3)oc12. The molecule has 126 valence electrons. The molecule has 0 bridgehead atoms. The fourth-order valence-corrected chi connectivity index (χ4v) is 2.36. The summed E-state index contributed by atoms with van der Waals surface area (Å²) in [4.78, 5) is 23.0. The lowest BCUT2D eigenvalue weighted by molar-refractivity contribution is -0.111. The molecule has 0 atom stereocenters. The molecular weight excluding hydrogens is 320 g/mol. The zero-order valence-corrected chi connectivity index (χ0v) is 13.5. The number of nitrogens with two attached hydrogens (primary N) is 1. The molecule has 1 heterocycles. The molecule has 0 spiro atoms. The minimum absolute atomic E-state index is 0.320. The summed E-state index contributed by atoms with van der Waals surface area (Å²) in [6, 6.07) is 13.7. The summed E-state index contributed by atoms with van der Waals surface area (Å²) in [6.45, 7) is 0. The molecular formula is C19H16N2O4. The fraction of sp³-hybridized carbons (Fsp3) is 0.0526. The van der Waals surface area contributed by atoms with E-state index < -0.39 is 5.91 Å². The molecule has 3 rings (SSSR count). The van der Waals surface area contributed by atoms with Crippen molar-refractivity contribution in [3.63, 3.8) is 0 Å². The molecule has 0 aliphatic rings. The summed E-state index contributed by atoms with van der Waals surface area (Å²) in [5.41, 5.74) is 6.75. The Morgan fingerprint density at radius 3 is 2.60 bits per heavy atom. The number of carbonyl (C=O) groups excluding carboxylic acids is 2. The van der Waals surface area contributed by atoms with Crippen molar-refractivity contribution in [2.75, 3.05) is 12.4 Å². The number of hydrogen-bond donors (Lipinski definition) is 2. The van der Waals surface area contributed by atoms with Crippen LogP contribution in [0.1, 0.15) is 16.1 Å². The highest BCUT2D eigenvalue weighted by Gasteiger charge is 2.07. The predicted molar refractivity (Wildman–Crippen MR) is 95.4 cm³/mol. The van der Waals surface area contributed by atoms with E-state index in [1.54, 1.807) is 37.5 Å². The maximum absolute atomic E-state index is 12.0. The third-order valence-corrected chi connectivity index (χ3v) is 3.58. The van der Waals surface area contributed by atoms with Crippen LogP contribution in [0.2, 0.25) is 0 Å². The molecule has 0 fully saturated rings. The molecule has 3 N–H and O–H groups in total. The summed E-state index contributed by atoms with van der Waals surface area (Å²) in [6.07, 6.45) is 2.94. The van der Waals surface area contributed by atoms with E-state index in [0.717, 1.165) is 5.39 Å². The van der Waals surface area contributed by atoms with Gasteiger partial charge in [-0.2, -0.15) is 0 Å². The third kappa shape index (κ3) is 3.69. The Bertz CT molecular complexity index is 955. The zero-order chi connectivity index (χ0) is 17.8. The number of fused-ring (bicyclic) bond motifs is 1. The van der Waals surface area contributed by atoms with Gasteiger partial charge in [0.1, 0.15) is 5.76 Å². The van der Waals surface area contributed by atoms with Crippen molar-refractivity contribution in [2.45, 2.75) is 0 Å². The van der Waals surface area contributed by atoms with Crippen molar-refractivity contribution in [3.8, 4) is 5.75 Å². The van der Waals surface area contributed by atoms with Gasteiger partial charge in [-0.15, -0.1) is 0 Å². The van der Waals surface area contributed by atoms with Gasteiger partial charge in [-0.3, -0.25) is 9.59 Å². The zero-order valence-electron chi connectivity index (χ0n) is 13.5. The molecule has 6 nitrogen and oxygen atoms in total. The second-order valence-electron chi connectivity index (χ2n) is 5.29. The van der Waals surface area contributed by atoms with E-state index in [9.17, 15) is 9.59 Å². The summed E-state index contributed by atoms with van der Waals surface area (Å²) >= 11 is 0. The topological polar surface area (TPSA) is 94.6 Å². The maximum atomic E-state index is 12.0. The van der Waals surface area contributed by atoms with E-state index in [4.69, 9.17) is 14.9 Å². The summed E-state index contributed by atoms with van der Waals surface area (Å²) in [7, 11) is 1.57. The monoisotopic (exact) mass is 336 g/mol. The minimum atomic E-state index is -0.516. The quantitative estimate of drug-likeness (QED) is 0.700.